The van der Waals surface area contributed by atoms with E-state index in [4.69, 9.17) is 23.8 Å². The predicted molar refractivity (Wildman–Crippen MR) is 91.5 cm³/mol. The zero-order chi connectivity index (χ0) is 17.0. The summed E-state index contributed by atoms with van der Waals surface area (Å²) in [4.78, 5) is 3.73. The number of anilines is 1. The lowest BCUT2D eigenvalue weighted by Crippen LogP contribution is -2.28. The highest BCUT2D eigenvalue weighted by Gasteiger charge is 2.31. The molecule has 0 aliphatic rings. The molecule has 0 amide bonds. The molecule has 1 heterocycles. The van der Waals surface area contributed by atoms with E-state index < -0.39 is 11.7 Å². The maximum atomic E-state index is 12.5. The van der Waals surface area contributed by atoms with Crippen LogP contribution >= 0.6 is 39.7 Å². The smallest absolute Gasteiger partial charge is 0.357 e. The second-order valence-electron chi connectivity index (χ2n) is 4.46. The molecule has 0 unspecified atom stereocenters. The molecule has 9 heteroatoms. The monoisotopic (exact) mass is 423 g/mol. The van der Waals surface area contributed by atoms with Crippen LogP contribution in [-0.4, -0.2) is 10.1 Å². The number of hydrogen-bond donors (Lipinski definition) is 2. The Balaban J connectivity index is 1.95. The first-order chi connectivity index (χ1) is 10.8. The van der Waals surface area contributed by atoms with E-state index in [2.05, 4.69) is 31.5 Å². The predicted octanol–water partition coefficient (Wildman–Crippen LogP) is 5.00. The van der Waals surface area contributed by atoms with Crippen LogP contribution in [0.5, 0.6) is 0 Å². The van der Waals surface area contributed by atoms with E-state index in [1.54, 1.807) is 0 Å². The molecule has 0 aliphatic heterocycles. The van der Waals surface area contributed by atoms with E-state index in [1.165, 1.54) is 0 Å². The number of rotatable bonds is 3. The summed E-state index contributed by atoms with van der Waals surface area (Å²) in [6, 6.07) is 8.18. The zero-order valence-electron chi connectivity index (χ0n) is 11.4. The summed E-state index contributed by atoms with van der Waals surface area (Å²) in [7, 11) is 0. The molecule has 0 radical (unpaired) electrons. The second kappa shape index (κ2) is 7.46. The topological polar surface area (TPSA) is 37.0 Å². The fraction of sp³-hybridized carbons (Fsp3) is 0.143. The number of nitrogens with zero attached hydrogens (tertiary/aromatic N) is 1. The van der Waals surface area contributed by atoms with Crippen LogP contribution in [0.2, 0.25) is 5.02 Å². The number of aromatic nitrogens is 1. The van der Waals surface area contributed by atoms with Crippen molar-refractivity contribution in [1.29, 1.82) is 0 Å². The Morgan fingerprint density at radius 1 is 1.26 bits per heavy atom. The maximum Gasteiger partial charge on any atom is 0.417 e. The SMILES string of the molecule is FC(F)(F)c1cnc(CNC(=S)Nc2ccc(Br)cc2)c(Cl)c1. The molecular formula is C14H10BrClF3N3S. The Morgan fingerprint density at radius 2 is 1.91 bits per heavy atom. The van der Waals surface area contributed by atoms with Crippen LogP contribution in [0.4, 0.5) is 18.9 Å². The van der Waals surface area contributed by atoms with Gasteiger partial charge >= 0.3 is 6.18 Å². The van der Waals surface area contributed by atoms with Crippen molar-refractivity contribution in [3.63, 3.8) is 0 Å². The standard InChI is InChI=1S/C14H10BrClF3N3S/c15-9-1-3-10(4-2-9)22-13(23)21-7-12-11(16)5-8(6-20-12)14(17,18)19/h1-6H,7H2,(H2,21,22,23). The highest BCUT2D eigenvalue weighted by molar-refractivity contribution is 9.10. The Bertz CT molecular complexity index is 707. The largest absolute Gasteiger partial charge is 0.417 e. The van der Waals surface area contributed by atoms with Crippen LogP contribution in [-0.2, 0) is 12.7 Å². The van der Waals surface area contributed by atoms with Crippen molar-refractivity contribution in [2.24, 2.45) is 0 Å². The summed E-state index contributed by atoms with van der Waals surface area (Å²) < 4.78 is 38.5. The fourth-order valence-corrected chi connectivity index (χ4v) is 2.31. The molecule has 1 aromatic heterocycles. The molecule has 0 atom stereocenters. The molecule has 2 aromatic rings. The summed E-state index contributed by atoms with van der Waals surface area (Å²) >= 11 is 14.3. The van der Waals surface area contributed by atoms with Gasteiger partial charge in [0, 0.05) is 16.4 Å². The average molecular weight is 425 g/mol. The Hall–Kier alpha value is -1.38. The van der Waals surface area contributed by atoms with Crippen LogP contribution in [0.3, 0.4) is 0 Å². The quantitative estimate of drug-likeness (QED) is 0.680. The fourth-order valence-electron chi connectivity index (χ4n) is 1.62. The lowest BCUT2D eigenvalue weighted by Gasteiger charge is -2.12. The first-order valence-electron chi connectivity index (χ1n) is 6.28. The molecule has 3 nitrogen and oxygen atoms in total. The average Bonchev–Trinajstić information content (AvgIpc) is 2.47. The molecule has 122 valence electrons. The van der Waals surface area contributed by atoms with E-state index in [0.29, 0.717) is 5.11 Å². The molecule has 2 rings (SSSR count). The lowest BCUT2D eigenvalue weighted by molar-refractivity contribution is -0.137. The van der Waals surface area contributed by atoms with Gasteiger partial charge in [0.15, 0.2) is 5.11 Å². The van der Waals surface area contributed by atoms with E-state index in [1.807, 2.05) is 24.3 Å². The van der Waals surface area contributed by atoms with Crippen LogP contribution < -0.4 is 10.6 Å². The normalized spacial score (nSPS) is 11.2. The van der Waals surface area contributed by atoms with Gasteiger partial charge in [-0.25, -0.2) is 0 Å². The highest BCUT2D eigenvalue weighted by Crippen LogP contribution is 2.30. The molecule has 23 heavy (non-hydrogen) atoms. The van der Waals surface area contributed by atoms with Gasteiger partial charge in [-0.3, -0.25) is 4.98 Å². The minimum absolute atomic E-state index is 0.0706. The van der Waals surface area contributed by atoms with Gasteiger partial charge in [-0.15, -0.1) is 0 Å². The van der Waals surface area contributed by atoms with Gasteiger partial charge in [0.1, 0.15) is 0 Å². The van der Waals surface area contributed by atoms with Crippen LogP contribution in [0.25, 0.3) is 0 Å². The number of nitrogens with one attached hydrogen (secondary N) is 2. The van der Waals surface area contributed by atoms with Crippen LogP contribution in [0.1, 0.15) is 11.3 Å². The van der Waals surface area contributed by atoms with Crippen LogP contribution in [0, 0.1) is 0 Å². The van der Waals surface area contributed by atoms with Gasteiger partial charge in [-0.1, -0.05) is 27.5 Å². The highest BCUT2D eigenvalue weighted by atomic mass is 79.9. The van der Waals surface area contributed by atoms with Crippen molar-refractivity contribution in [3.8, 4) is 0 Å². The van der Waals surface area contributed by atoms with Gasteiger partial charge in [-0.2, -0.15) is 13.2 Å². The van der Waals surface area contributed by atoms with Crippen molar-refractivity contribution in [2.75, 3.05) is 5.32 Å². The third-order valence-corrected chi connectivity index (χ3v) is 3.87. The molecule has 2 N–H and O–H groups in total. The van der Waals surface area contributed by atoms with Gasteiger partial charge in [0.05, 0.1) is 22.8 Å². The minimum atomic E-state index is -4.47. The molecular weight excluding hydrogens is 415 g/mol. The van der Waals surface area contributed by atoms with E-state index in [9.17, 15) is 13.2 Å². The molecule has 0 fully saturated rings. The number of hydrogen-bond acceptors (Lipinski definition) is 2. The first kappa shape index (κ1) is 18.0. The first-order valence-corrected chi connectivity index (χ1v) is 7.85. The number of benzene rings is 1. The molecule has 0 saturated heterocycles. The zero-order valence-corrected chi connectivity index (χ0v) is 14.6. The summed E-state index contributed by atoms with van der Waals surface area (Å²) in [6.07, 6.45) is -3.73. The summed E-state index contributed by atoms with van der Waals surface area (Å²) in [5.74, 6) is 0. The van der Waals surface area contributed by atoms with Crippen LogP contribution in [0.15, 0.2) is 41.0 Å². The van der Waals surface area contributed by atoms with Gasteiger partial charge < -0.3 is 10.6 Å². The second-order valence-corrected chi connectivity index (χ2v) is 6.20. The third-order valence-electron chi connectivity index (χ3n) is 2.76. The van der Waals surface area contributed by atoms with Crippen molar-refractivity contribution in [1.82, 2.24) is 10.3 Å². The number of halogens is 5. The van der Waals surface area contributed by atoms with Crippen molar-refractivity contribution in [3.05, 3.63) is 57.3 Å². The number of thiocarbonyl (C=S) groups is 1. The van der Waals surface area contributed by atoms with E-state index in [0.717, 1.165) is 22.4 Å². The lowest BCUT2D eigenvalue weighted by atomic mass is 10.2. The molecule has 0 saturated carbocycles. The van der Waals surface area contributed by atoms with E-state index in [-0.39, 0.29) is 17.3 Å². The molecule has 0 aliphatic carbocycles. The van der Waals surface area contributed by atoms with E-state index >= 15 is 0 Å². The van der Waals surface area contributed by atoms with Gasteiger partial charge in [0.25, 0.3) is 0 Å². The summed E-state index contributed by atoms with van der Waals surface area (Å²) in [5.41, 5.74) is 0.165. The van der Waals surface area contributed by atoms with Crippen molar-refractivity contribution < 1.29 is 13.2 Å². The maximum absolute atomic E-state index is 12.5. The Kier molecular flexibility index (Phi) is 5.83. The molecule has 0 bridgehead atoms. The minimum Gasteiger partial charge on any atom is -0.357 e. The molecule has 0 spiro atoms. The van der Waals surface area contributed by atoms with Gasteiger partial charge in [-0.05, 0) is 42.5 Å². The Morgan fingerprint density at radius 3 is 2.48 bits per heavy atom. The van der Waals surface area contributed by atoms with Crippen molar-refractivity contribution >= 4 is 50.5 Å². The number of pyridine rings is 1. The third kappa shape index (κ3) is 5.33. The summed E-state index contributed by atoms with van der Waals surface area (Å²) in [5, 5.41) is 6.02. The molecule has 1 aromatic carbocycles. The van der Waals surface area contributed by atoms with Crippen molar-refractivity contribution in [2.45, 2.75) is 12.7 Å². The Labute approximate surface area is 149 Å². The van der Waals surface area contributed by atoms with Gasteiger partial charge in [0.2, 0.25) is 0 Å². The summed E-state index contributed by atoms with van der Waals surface area (Å²) in [6.45, 7) is 0.110. The number of alkyl halides is 3.